The van der Waals surface area contributed by atoms with Crippen molar-refractivity contribution in [1.29, 1.82) is 0 Å². The number of amides is 2. The number of ether oxygens (including phenoxy) is 2. The van der Waals surface area contributed by atoms with Crippen molar-refractivity contribution >= 4 is 11.8 Å². The van der Waals surface area contributed by atoms with Crippen molar-refractivity contribution in [3.63, 3.8) is 0 Å². The van der Waals surface area contributed by atoms with Gasteiger partial charge in [0.25, 0.3) is 0 Å². The second-order valence-electron chi connectivity index (χ2n) is 5.17. The number of hydrogen-bond donors (Lipinski definition) is 3. The molecule has 1 aromatic rings. The molecular weight excluding hydrogens is 310 g/mol. The predicted octanol–water partition coefficient (Wildman–Crippen LogP) is -0.158. The Morgan fingerprint density at radius 3 is 2.50 bits per heavy atom. The maximum absolute atomic E-state index is 11.9. The number of carbonyl (C=O) groups excluding carboxylic acids is 2. The summed E-state index contributed by atoms with van der Waals surface area (Å²) in [5, 5.41) is 5.19. The molecule has 24 heavy (non-hydrogen) atoms. The van der Waals surface area contributed by atoms with E-state index in [4.69, 9.17) is 15.2 Å². The van der Waals surface area contributed by atoms with Gasteiger partial charge in [-0.25, -0.2) is 0 Å². The summed E-state index contributed by atoms with van der Waals surface area (Å²) in [7, 11) is 0. The van der Waals surface area contributed by atoms with Gasteiger partial charge in [0.2, 0.25) is 11.8 Å². The maximum Gasteiger partial charge on any atom is 0.239 e. The Balaban J connectivity index is 2.09. The molecule has 0 radical (unpaired) electrons. The van der Waals surface area contributed by atoms with Gasteiger partial charge >= 0.3 is 0 Å². The van der Waals surface area contributed by atoms with Crippen LogP contribution in [0.1, 0.15) is 12.5 Å². The molecule has 1 atom stereocenters. The van der Waals surface area contributed by atoms with Gasteiger partial charge in [-0.15, -0.1) is 0 Å². The average Bonchev–Trinajstić information content (AvgIpc) is 2.59. The number of rotatable bonds is 12. The second-order valence-corrected chi connectivity index (χ2v) is 5.17. The monoisotopic (exact) mass is 337 g/mol. The zero-order chi connectivity index (χ0) is 17.6. The van der Waals surface area contributed by atoms with Crippen LogP contribution in [-0.4, -0.2) is 57.4 Å². The molecular formula is C17H27N3O4. The van der Waals surface area contributed by atoms with E-state index in [2.05, 4.69) is 10.6 Å². The van der Waals surface area contributed by atoms with Crippen molar-refractivity contribution in [1.82, 2.24) is 10.6 Å². The van der Waals surface area contributed by atoms with E-state index < -0.39 is 6.04 Å². The summed E-state index contributed by atoms with van der Waals surface area (Å²) in [5.41, 5.74) is 6.82. The molecule has 4 N–H and O–H groups in total. The Bertz CT molecular complexity index is 482. The van der Waals surface area contributed by atoms with E-state index in [1.165, 1.54) is 0 Å². The van der Waals surface area contributed by atoms with Gasteiger partial charge in [0.1, 0.15) is 0 Å². The van der Waals surface area contributed by atoms with E-state index in [9.17, 15) is 9.59 Å². The first-order valence-electron chi connectivity index (χ1n) is 8.13. The first-order chi connectivity index (χ1) is 11.6. The fourth-order valence-corrected chi connectivity index (χ4v) is 1.95. The SMILES string of the molecule is CCOCCOCCNC(=O)CNC(=O)[C@@H](N)Cc1ccccc1. The third kappa shape index (κ3) is 9.24. The number of benzene rings is 1. The van der Waals surface area contributed by atoms with Crippen LogP contribution in [0.25, 0.3) is 0 Å². The van der Waals surface area contributed by atoms with Gasteiger partial charge in [0.05, 0.1) is 32.4 Å². The third-order valence-electron chi connectivity index (χ3n) is 3.20. The van der Waals surface area contributed by atoms with Crippen molar-refractivity contribution < 1.29 is 19.1 Å². The summed E-state index contributed by atoms with van der Waals surface area (Å²) in [4.78, 5) is 23.5. The van der Waals surface area contributed by atoms with E-state index in [0.717, 1.165) is 5.56 Å². The summed E-state index contributed by atoms with van der Waals surface area (Å²) in [6.07, 6.45) is 0.433. The molecule has 134 valence electrons. The molecule has 0 bridgehead atoms. The van der Waals surface area contributed by atoms with Crippen LogP contribution in [0, 0.1) is 0 Å². The highest BCUT2D eigenvalue weighted by molar-refractivity contribution is 5.87. The van der Waals surface area contributed by atoms with E-state index in [0.29, 0.717) is 39.4 Å². The molecule has 7 nitrogen and oxygen atoms in total. The molecule has 7 heteroatoms. The van der Waals surface area contributed by atoms with Gasteiger partial charge in [-0.3, -0.25) is 9.59 Å². The highest BCUT2D eigenvalue weighted by Crippen LogP contribution is 2.01. The molecule has 2 amide bonds. The number of carbonyl (C=O) groups is 2. The van der Waals surface area contributed by atoms with Gasteiger partial charge in [-0.2, -0.15) is 0 Å². The minimum Gasteiger partial charge on any atom is -0.379 e. The van der Waals surface area contributed by atoms with Gasteiger partial charge < -0.3 is 25.8 Å². The van der Waals surface area contributed by atoms with Crippen molar-refractivity contribution in [3.05, 3.63) is 35.9 Å². The smallest absolute Gasteiger partial charge is 0.239 e. The van der Waals surface area contributed by atoms with Crippen LogP contribution in [0.2, 0.25) is 0 Å². The van der Waals surface area contributed by atoms with Crippen molar-refractivity contribution in [2.24, 2.45) is 5.73 Å². The van der Waals surface area contributed by atoms with Gasteiger partial charge in [-0.05, 0) is 18.9 Å². The summed E-state index contributed by atoms with van der Waals surface area (Å²) in [5.74, 6) is -0.620. The Morgan fingerprint density at radius 2 is 1.79 bits per heavy atom. The normalized spacial score (nSPS) is 11.8. The quantitative estimate of drug-likeness (QED) is 0.460. The predicted molar refractivity (Wildman–Crippen MR) is 91.5 cm³/mol. The Hall–Kier alpha value is -1.96. The van der Waals surface area contributed by atoms with Crippen molar-refractivity contribution in [2.45, 2.75) is 19.4 Å². The average molecular weight is 337 g/mol. The molecule has 1 rings (SSSR count). The van der Waals surface area contributed by atoms with Crippen LogP contribution >= 0.6 is 0 Å². The summed E-state index contributed by atoms with van der Waals surface area (Å²) < 4.78 is 10.4. The van der Waals surface area contributed by atoms with Crippen LogP contribution in [0.3, 0.4) is 0 Å². The second kappa shape index (κ2) is 12.5. The van der Waals surface area contributed by atoms with E-state index in [1.54, 1.807) is 0 Å². The third-order valence-corrected chi connectivity index (χ3v) is 3.20. The van der Waals surface area contributed by atoms with Gasteiger partial charge in [0.15, 0.2) is 0 Å². The Kier molecular flexibility index (Phi) is 10.4. The Morgan fingerprint density at radius 1 is 1.08 bits per heavy atom. The van der Waals surface area contributed by atoms with Crippen LogP contribution in [0.5, 0.6) is 0 Å². The standard InChI is InChI=1S/C17H27N3O4/c1-2-23-10-11-24-9-8-19-16(21)13-20-17(22)15(18)12-14-6-4-3-5-7-14/h3-7,15H,2,8-13,18H2,1H3,(H,19,21)(H,20,22)/t15-/m0/s1. The molecule has 0 unspecified atom stereocenters. The van der Waals surface area contributed by atoms with Crippen LogP contribution < -0.4 is 16.4 Å². The number of hydrogen-bond acceptors (Lipinski definition) is 5. The molecule has 0 spiro atoms. The molecule has 0 fully saturated rings. The lowest BCUT2D eigenvalue weighted by atomic mass is 10.1. The first-order valence-corrected chi connectivity index (χ1v) is 8.13. The molecule has 0 aliphatic rings. The summed E-state index contributed by atoms with van der Waals surface area (Å²) in [6, 6.07) is 8.83. The van der Waals surface area contributed by atoms with E-state index in [-0.39, 0.29) is 18.4 Å². The molecule has 0 heterocycles. The largest absolute Gasteiger partial charge is 0.379 e. The zero-order valence-electron chi connectivity index (χ0n) is 14.1. The highest BCUT2D eigenvalue weighted by Gasteiger charge is 2.14. The maximum atomic E-state index is 11.9. The lowest BCUT2D eigenvalue weighted by molar-refractivity contribution is -0.126. The van der Waals surface area contributed by atoms with Crippen molar-refractivity contribution in [2.75, 3.05) is 39.5 Å². The van der Waals surface area contributed by atoms with Crippen molar-refractivity contribution in [3.8, 4) is 0 Å². The molecule has 0 saturated heterocycles. The molecule has 1 aromatic carbocycles. The van der Waals surface area contributed by atoms with Crippen LogP contribution in [0.15, 0.2) is 30.3 Å². The topological polar surface area (TPSA) is 103 Å². The van der Waals surface area contributed by atoms with Crippen LogP contribution in [0.4, 0.5) is 0 Å². The molecule has 0 aliphatic heterocycles. The minimum atomic E-state index is -0.679. The molecule has 0 aliphatic carbocycles. The van der Waals surface area contributed by atoms with E-state index >= 15 is 0 Å². The molecule has 0 aromatic heterocycles. The van der Waals surface area contributed by atoms with E-state index in [1.807, 2.05) is 37.3 Å². The summed E-state index contributed by atoms with van der Waals surface area (Å²) in [6.45, 7) is 4.30. The fourth-order valence-electron chi connectivity index (χ4n) is 1.95. The van der Waals surface area contributed by atoms with Gasteiger partial charge in [-0.1, -0.05) is 30.3 Å². The first kappa shape index (κ1) is 20.1. The number of nitrogens with two attached hydrogens (primary N) is 1. The minimum absolute atomic E-state index is 0.0970. The lowest BCUT2D eigenvalue weighted by Gasteiger charge is -2.12. The summed E-state index contributed by atoms with van der Waals surface area (Å²) >= 11 is 0. The highest BCUT2D eigenvalue weighted by atomic mass is 16.5. The van der Waals surface area contributed by atoms with Crippen LogP contribution in [-0.2, 0) is 25.5 Å². The van der Waals surface area contributed by atoms with Gasteiger partial charge in [0, 0.05) is 13.2 Å². The molecule has 0 saturated carbocycles. The zero-order valence-corrected chi connectivity index (χ0v) is 14.1. The lowest BCUT2D eigenvalue weighted by Crippen LogP contribution is -2.46. The Labute approximate surface area is 142 Å². The fraction of sp³-hybridized carbons (Fsp3) is 0.529. The number of nitrogens with one attached hydrogen (secondary N) is 2.